The van der Waals surface area contributed by atoms with E-state index in [-0.39, 0.29) is 12.1 Å². The van der Waals surface area contributed by atoms with Crippen LogP contribution in [-0.4, -0.2) is 19.7 Å². The summed E-state index contributed by atoms with van der Waals surface area (Å²) in [6, 6.07) is 16.8. The summed E-state index contributed by atoms with van der Waals surface area (Å²) in [4.78, 5) is 0. The Balaban J connectivity index is 1.86. The predicted molar refractivity (Wildman–Crippen MR) is 86.8 cm³/mol. The van der Waals surface area contributed by atoms with Crippen LogP contribution < -0.4 is 5.32 Å². The highest BCUT2D eigenvalue weighted by Crippen LogP contribution is 2.31. The quantitative estimate of drug-likeness (QED) is 0.928. The second-order valence-electron chi connectivity index (χ2n) is 5.43. The van der Waals surface area contributed by atoms with Crippen LogP contribution in [0.4, 0.5) is 0 Å². The monoisotopic (exact) mass is 301 g/mol. The van der Waals surface area contributed by atoms with Gasteiger partial charge in [0, 0.05) is 11.1 Å². The number of fused-ring (bicyclic) bond motifs is 1. The van der Waals surface area contributed by atoms with Crippen LogP contribution in [-0.2, 0) is 17.6 Å². The summed E-state index contributed by atoms with van der Waals surface area (Å²) in [5, 5.41) is 4.23. The minimum atomic E-state index is 0.0798. The van der Waals surface area contributed by atoms with Crippen LogP contribution >= 0.6 is 11.6 Å². The molecular formula is C18H20ClNO. The van der Waals surface area contributed by atoms with E-state index in [1.807, 2.05) is 25.2 Å². The van der Waals surface area contributed by atoms with Gasteiger partial charge in [0.1, 0.15) is 0 Å². The summed E-state index contributed by atoms with van der Waals surface area (Å²) >= 11 is 6.30. The second-order valence-corrected chi connectivity index (χ2v) is 5.84. The molecule has 2 aromatic rings. The first-order valence-electron chi connectivity index (χ1n) is 7.39. The molecule has 1 heterocycles. The highest BCUT2D eigenvalue weighted by atomic mass is 35.5. The summed E-state index contributed by atoms with van der Waals surface area (Å²) in [6.07, 6.45) is 1.93. The topological polar surface area (TPSA) is 21.3 Å². The highest BCUT2D eigenvalue weighted by molar-refractivity contribution is 6.31. The average Bonchev–Trinajstić information content (AvgIpc) is 2.54. The van der Waals surface area contributed by atoms with Gasteiger partial charge in [-0.3, -0.25) is 0 Å². The fraction of sp³-hybridized carbons (Fsp3) is 0.333. The molecular weight excluding hydrogens is 282 g/mol. The summed E-state index contributed by atoms with van der Waals surface area (Å²) in [6.45, 7) is 0.780. The van der Waals surface area contributed by atoms with Gasteiger partial charge in [-0.05, 0) is 42.6 Å². The van der Waals surface area contributed by atoms with Crippen molar-refractivity contribution in [3.05, 3.63) is 70.2 Å². The third-order valence-corrected chi connectivity index (χ3v) is 4.53. The molecule has 0 spiro atoms. The Morgan fingerprint density at radius 2 is 1.95 bits per heavy atom. The molecule has 3 rings (SSSR count). The first-order chi connectivity index (χ1) is 10.3. The van der Waals surface area contributed by atoms with Crippen molar-refractivity contribution >= 4 is 11.6 Å². The molecule has 0 saturated carbocycles. The maximum Gasteiger partial charge on any atom is 0.0983 e. The molecule has 2 unspecified atom stereocenters. The van der Waals surface area contributed by atoms with Gasteiger partial charge in [-0.25, -0.2) is 0 Å². The molecule has 2 nitrogen and oxygen atoms in total. The molecule has 2 aromatic carbocycles. The van der Waals surface area contributed by atoms with Crippen molar-refractivity contribution < 1.29 is 4.74 Å². The molecule has 0 aromatic heterocycles. The van der Waals surface area contributed by atoms with Gasteiger partial charge in [0.2, 0.25) is 0 Å². The largest absolute Gasteiger partial charge is 0.372 e. The Morgan fingerprint density at radius 1 is 1.19 bits per heavy atom. The average molecular weight is 302 g/mol. The van der Waals surface area contributed by atoms with Gasteiger partial charge in [0.05, 0.1) is 12.7 Å². The van der Waals surface area contributed by atoms with E-state index in [0.717, 1.165) is 30.0 Å². The van der Waals surface area contributed by atoms with Gasteiger partial charge in [-0.15, -0.1) is 0 Å². The van der Waals surface area contributed by atoms with Crippen molar-refractivity contribution in [2.45, 2.75) is 25.0 Å². The zero-order valence-electron chi connectivity index (χ0n) is 12.2. The van der Waals surface area contributed by atoms with E-state index in [9.17, 15) is 0 Å². The van der Waals surface area contributed by atoms with Crippen molar-refractivity contribution in [1.82, 2.24) is 5.32 Å². The molecule has 1 aliphatic rings. The summed E-state index contributed by atoms with van der Waals surface area (Å²) in [5.41, 5.74) is 3.86. The van der Waals surface area contributed by atoms with E-state index in [1.54, 1.807) is 0 Å². The lowest BCUT2D eigenvalue weighted by molar-refractivity contribution is 0.0172. The SMILES string of the molecule is CNC(Cc1ccccc1Cl)C1OCCc2ccccc21. The van der Waals surface area contributed by atoms with Crippen LogP contribution in [0, 0.1) is 0 Å². The van der Waals surface area contributed by atoms with Crippen molar-refractivity contribution in [3.63, 3.8) is 0 Å². The molecule has 1 N–H and O–H groups in total. The Bertz CT molecular complexity index is 614. The zero-order valence-corrected chi connectivity index (χ0v) is 12.9. The Hall–Kier alpha value is -1.35. The number of likely N-dealkylation sites (N-methyl/N-ethyl adjacent to an activating group) is 1. The normalized spacial score (nSPS) is 19.0. The van der Waals surface area contributed by atoms with Crippen LogP contribution in [0.5, 0.6) is 0 Å². The third kappa shape index (κ3) is 3.13. The minimum absolute atomic E-state index is 0.0798. The lowest BCUT2D eigenvalue weighted by Gasteiger charge is -2.32. The molecule has 1 aliphatic heterocycles. The number of nitrogens with one attached hydrogen (secondary N) is 1. The zero-order chi connectivity index (χ0) is 14.7. The maximum atomic E-state index is 6.30. The molecule has 0 saturated heterocycles. The van der Waals surface area contributed by atoms with Crippen molar-refractivity contribution in [2.24, 2.45) is 0 Å². The van der Waals surface area contributed by atoms with Crippen LogP contribution in [0.3, 0.4) is 0 Å². The standard InChI is InChI=1S/C18H20ClNO/c1-20-17(12-14-7-3-5-9-16(14)19)18-15-8-4-2-6-13(15)10-11-21-18/h2-9,17-18,20H,10-12H2,1H3. The van der Waals surface area contributed by atoms with Gasteiger partial charge in [-0.1, -0.05) is 54.1 Å². The van der Waals surface area contributed by atoms with Crippen LogP contribution in [0.15, 0.2) is 48.5 Å². The first kappa shape index (κ1) is 14.6. The van der Waals surface area contributed by atoms with E-state index in [0.29, 0.717) is 0 Å². The first-order valence-corrected chi connectivity index (χ1v) is 7.77. The van der Waals surface area contributed by atoms with E-state index in [1.165, 1.54) is 11.1 Å². The van der Waals surface area contributed by atoms with Crippen LogP contribution in [0.2, 0.25) is 5.02 Å². The molecule has 110 valence electrons. The van der Waals surface area contributed by atoms with Crippen molar-refractivity contribution in [3.8, 4) is 0 Å². The predicted octanol–water partition coefficient (Wildman–Crippen LogP) is 3.78. The Morgan fingerprint density at radius 3 is 2.76 bits per heavy atom. The Kier molecular flexibility index (Phi) is 4.59. The molecule has 3 heteroatoms. The summed E-state index contributed by atoms with van der Waals surface area (Å²) in [7, 11) is 1.99. The fourth-order valence-corrected chi connectivity index (χ4v) is 3.23. The lowest BCUT2D eigenvalue weighted by Crippen LogP contribution is -2.38. The molecule has 0 radical (unpaired) electrons. The number of ether oxygens (including phenoxy) is 1. The number of hydrogen-bond donors (Lipinski definition) is 1. The molecule has 21 heavy (non-hydrogen) atoms. The van der Waals surface area contributed by atoms with E-state index >= 15 is 0 Å². The van der Waals surface area contributed by atoms with Crippen molar-refractivity contribution in [1.29, 1.82) is 0 Å². The molecule has 0 fully saturated rings. The number of hydrogen-bond acceptors (Lipinski definition) is 2. The summed E-state index contributed by atoms with van der Waals surface area (Å²) in [5.74, 6) is 0. The number of halogens is 1. The smallest absolute Gasteiger partial charge is 0.0983 e. The van der Waals surface area contributed by atoms with Crippen LogP contribution in [0.1, 0.15) is 22.8 Å². The third-order valence-electron chi connectivity index (χ3n) is 4.16. The minimum Gasteiger partial charge on any atom is -0.372 e. The van der Waals surface area contributed by atoms with E-state index in [4.69, 9.17) is 16.3 Å². The van der Waals surface area contributed by atoms with Gasteiger partial charge in [0.15, 0.2) is 0 Å². The molecule has 0 amide bonds. The van der Waals surface area contributed by atoms with Gasteiger partial charge < -0.3 is 10.1 Å². The number of benzene rings is 2. The van der Waals surface area contributed by atoms with Gasteiger partial charge >= 0.3 is 0 Å². The Labute approximate surface area is 131 Å². The summed E-state index contributed by atoms with van der Waals surface area (Å²) < 4.78 is 6.06. The maximum absolute atomic E-state index is 6.30. The van der Waals surface area contributed by atoms with Gasteiger partial charge in [-0.2, -0.15) is 0 Å². The molecule has 0 aliphatic carbocycles. The highest BCUT2D eigenvalue weighted by Gasteiger charge is 2.28. The second kappa shape index (κ2) is 6.61. The van der Waals surface area contributed by atoms with E-state index in [2.05, 4.69) is 35.6 Å². The molecule has 0 bridgehead atoms. The van der Waals surface area contributed by atoms with Crippen molar-refractivity contribution in [2.75, 3.05) is 13.7 Å². The van der Waals surface area contributed by atoms with Crippen LogP contribution in [0.25, 0.3) is 0 Å². The fourth-order valence-electron chi connectivity index (χ4n) is 3.02. The number of rotatable bonds is 4. The molecule has 2 atom stereocenters. The van der Waals surface area contributed by atoms with Gasteiger partial charge in [0.25, 0.3) is 0 Å². The van der Waals surface area contributed by atoms with E-state index < -0.39 is 0 Å². The lowest BCUT2D eigenvalue weighted by atomic mass is 9.90.